The van der Waals surface area contributed by atoms with Crippen LogP contribution in [-0.2, 0) is 16.1 Å². The lowest BCUT2D eigenvalue weighted by Crippen LogP contribution is -2.03. The molecule has 0 atom stereocenters. The van der Waals surface area contributed by atoms with Crippen LogP contribution in [-0.4, -0.2) is 11.8 Å². The van der Waals surface area contributed by atoms with Gasteiger partial charge in [-0.1, -0.05) is 0 Å². The van der Waals surface area contributed by atoms with Crippen molar-refractivity contribution in [2.45, 2.75) is 19.8 Å². The second kappa shape index (κ2) is 3.73. The molecular weight excluding hydrogens is 196 g/mol. The van der Waals surface area contributed by atoms with Gasteiger partial charge in [0.05, 0.1) is 0 Å². The summed E-state index contributed by atoms with van der Waals surface area (Å²) in [5.41, 5.74) is 1.69. The molecule has 0 fully saturated rings. The van der Waals surface area contributed by atoms with Gasteiger partial charge in [0.1, 0.15) is 0 Å². The summed E-state index contributed by atoms with van der Waals surface area (Å²) in [6, 6.07) is 5.04. The number of benzene rings is 1. The molecule has 0 amide bonds. The Morgan fingerprint density at radius 1 is 1.33 bits per heavy atom. The van der Waals surface area contributed by atoms with Crippen molar-refractivity contribution in [2.24, 2.45) is 0 Å². The number of aryl methyl sites for hydroxylation is 1. The van der Waals surface area contributed by atoms with Crippen molar-refractivity contribution in [1.29, 1.82) is 0 Å². The Kier molecular flexibility index (Phi) is 2.41. The molecule has 0 bridgehead atoms. The zero-order valence-corrected chi connectivity index (χ0v) is 8.28. The highest BCUT2D eigenvalue weighted by Crippen LogP contribution is 2.26. The van der Waals surface area contributed by atoms with Gasteiger partial charge in [-0.2, -0.15) is 0 Å². The predicted octanol–water partition coefficient (Wildman–Crippen LogP) is 1.67. The van der Waals surface area contributed by atoms with Crippen LogP contribution in [0.4, 0.5) is 0 Å². The summed E-state index contributed by atoms with van der Waals surface area (Å²) < 4.78 is 0. The lowest BCUT2D eigenvalue weighted by atomic mass is 10.1. The number of Topliss-reactive ketones (excluding diaryl/α,β-unsaturated/α-hetero) is 1. The van der Waals surface area contributed by atoms with E-state index in [9.17, 15) is 9.59 Å². The number of ketones is 1. The predicted molar refractivity (Wildman–Crippen MR) is 51.5 cm³/mol. The second-order valence-electron chi connectivity index (χ2n) is 3.40. The first kappa shape index (κ1) is 9.71. The first-order valence-corrected chi connectivity index (χ1v) is 4.68. The Labute approximate surface area is 86.7 Å². The van der Waals surface area contributed by atoms with Crippen LogP contribution >= 0.6 is 0 Å². The number of rotatable bonds is 2. The SMILES string of the molecule is CC(=O)OOc1ccc2c(c1)CCC2=O. The normalized spacial score (nSPS) is 13.5. The molecule has 0 radical (unpaired) electrons. The van der Waals surface area contributed by atoms with E-state index in [1.165, 1.54) is 6.92 Å². The lowest BCUT2D eigenvalue weighted by Gasteiger charge is -2.03. The van der Waals surface area contributed by atoms with Crippen molar-refractivity contribution in [3.8, 4) is 5.75 Å². The molecule has 0 aliphatic heterocycles. The first-order chi connectivity index (χ1) is 7.16. The van der Waals surface area contributed by atoms with Gasteiger partial charge in [-0.15, -0.1) is 0 Å². The maximum absolute atomic E-state index is 11.3. The van der Waals surface area contributed by atoms with E-state index in [1.54, 1.807) is 18.2 Å². The number of hydrogen-bond acceptors (Lipinski definition) is 4. The zero-order valence-electron chi connectivity index (χ0n) is 8.28. The molecular formula is C11H10O4. The number of carbonyl (C=O) groups excluding carboxylic acids is 2. The van der Waals surface area contributed by atoms with E-state index in [0.29, 0.717) is 12.2 Å². The molecule has 1 aromatic rings. The van der Waals surface area contributed by atoms with Crippen molar-refractivity contribution in [3.05, 3.63) is 29.3 Å². The van der Waals surface area contributed by atoms with Crippen LogP contribution in [0.5, 0.6) is 5.75 Å². The molecule has 0 heterocycles. The summed E-state index contributed by atoms with van der Waals surface area (Å²) in [4.78, 5) is 31.0. The average Bonchev–Trinajstić information content (AvgIpc) is 2.57. The quantitative estimate of drug-likeness (QED) is 0.545. The number of fused-ring (bicyclic) bond motifs is 1. The summed E-state index contributed by atoms with van der Waals surface area (Å²) in [6.07, 6.45) is 1.28. The second-order valence-corrected chi connectivity index (χ2v) is 3.40. The van der Waals surface area contributed by atoms with Gasteiger partial charge in [0.25, 0.3) is 0 Å². The third-order valence-corrected chi connectivity index (χ3v) is 2.25. The fourth-order valence-corrected chi connectivity index (χ4v) is 1.59. The Balaban J connectivity index is 2.16. The molecule has 15 heavy (non-hydrogen) atoms. The monoisotopic (exact) mass is 206 g/mol. The van der Waals surface area contributed by atoms with E-state index < -0.39 is 5.97 Å². The van der Waals surface area contributed by atoms with Gasteiger partial charge in [0.2, 0.25) is 0 Å². The lowest BCUT2D eigenvalue weighted by molar-refractivity contribution is -0.210. The van der Waals surface area contributed by atoms with Crippen LogP contribution in [0.1, 0.15) is 29.3 Å². The zero-order chi connectivity index (χ0) is 10.8. The van der Waals surface area contributed by atoms with Crippen LogP contribution in [0.25, 0.3) is 0 Å². The molecule has 0 saturated heterocycles. The van der Waals surface area contributed by atoms with E-state index >= 15 is 0 Å². The Bertz CT molecular complexity index is 423. The Hall–Kier alpha value is -1.84. The maximum atomic E-state index is 11.3. The summed E-state index contributed by atoms with van der Waals surface area (Å²) in [5.74, 6) is 0.0919. The van der Waals surface area contributed by atoms with E-state index in [2.05, 4.69) is 4.89 Å². The molecule has 0 aromatic heterocycles. The minimum Gasteiger partial charge on any atom is -0.294 e. The summed E-state index contributed by atoms with van der Waals surface area (Å²) in [6.45, 7) is 1.26. The highest BCUT2D eigenvalue weighted by molar-refractivity contribution is 6.00. The maximum Gasteiger partial charge on any atom is 0.352 e. The molecule has 0 saturated carbocycles. The van der Waals surface area contributed by atoms with Gasteiger partial charge in [0.15, 0.2) is 11.5 Å². The third-order valence-electron chi connectivity index (χ3n) is 2.25. The van der Waals surface area contributed by atoms with Gasteiger partial charge in [-0.25, -0.2) is 4.79 Å². The largest absolute Gasteiger partial charge is 0.352 e. The summed E-state index contributed by atoms with van der Waals surface area (Å²) in [7, 11) is 0. The molecule has 0 unspecified atom stereocenters. The van der Waals surface area contributed by atoms with Crippen molar-refractivity contribution >= 4 is 11.8 Å². The van der Waals surface area contributed by atoms with Gasteiger partial charge in [-0.3, -0.25) is 14.6 Å². The third kappa shape index (κ3) is 1.98. The smallest absolute Gasteiger partial charge is 0.294 e. The van der Waals surface area contributed by atoms with Crippen LogP contribution in [0.15, 0.2) is 18.2 Å². The average molecular weight is 206 g/mol. The minimum atomic E-state index is -0.508. The first-order valence-electron chi connectivity index (χ1n) is 4.68. The van der Waals surface area contributed by atoms with Gasteiger partial charge < -0.3 is 0 Å². The van der Waals surface area contributed by atoms with Crippen LogP contribution in [0, 0.1) is 0 Å². The fraction of sp³-hybridized carbons (Fsp3) is 0.273. The Morgan fingerprint density at radius 3 is 2.87 bits per heavy atom. The summed E-state index contributed by atoms with van der Waals surface area (Å²) >= 11 is 0. The standard InChI is InChI=1S/C11H10O4/c1-7(12)14-15-9-3-4-10-8(6-9)2-5-11(10)13/h3-4,6H,2,5H2,1H3. The topological polar surface area (TPSA) is 52.6 Å². The van der Waals surface area contributed by atoms with Gasteiger partial charge in [0, 0.05) is 18.9 Å². The molecule has 1 aromatic carbocycles. The van der Waals surface area contributed by atoms with Gasteiger partial charge >= 0.3 is 5.97 Å². The fourth-order valence-electron chi connectivity index (χ4n) is 1.59. The minimum absolute atomic E-state index is 0.157. The Morgan fingerprint density at radius 2 is 2.13 bits per heavy atom. The molecule has 1 aliphatic rings. The number of hydrogen-bond donors (Lipinski definition) is 0. The number of carbonyl (C=O) groups is 2. The van der Waals surface area contributed by atoms with E-state index in [1.807, 2.05) is 0 Å². The highest BCUT2D eigenvalue weighted by atomic mass is 17.2. The van der Waals surface area contributed by atoms with Crippen molar-refractivity contribution in [2.75, 3.05) is 0 Å². The molecule has 0 N–H and O–H groups in total. The molecule has 4 nitrogen and oxygen atoms in total. The van der Waals surface area contributed by atoms with Crippen LogP contribution < -0.4 is 4.89 Å². The molecule has 1 aliphatic carbocycles. The van der Waals surface area contributed by atoms with Crippen molar-refractivity contribution in [3.63, 3.8) is 0 Å². The molecule has 4 heteroatoms. The van der Waals surface area contributed by atoms with E-state index in [4.69, 9.17) is 4.89 Å². The molecule has 2 rings (SSSR count). The van der Waals surface area contributed by atoms with Crippen molar-refractivity contribution in [1.82, 2.24) is 0 Å². The van der Waals surface area contributed by atoms with E-state index in [-0.39, 0.29) is 5.78 Å². The molecule has 0 spiro atoms. The van der Waals surface area contributed by atoms with Gasteiger partial charge in [-0.05, 0) is 30.2 Å². The highest BCUT2D eigenvalue weighted by Gasteiger charge is 2.19. The van der Waals surface area contributed by atoms with Crippen LogP contribution in [0.2, 0.25) is 0 Å². The van der Waals surface area contributed by atoms with Crippen LogP contribution in [0.3, 0.4) is 0 Å². The van der Waals surface area contributed by atoms with E-state index in [0.717, 1.165) is 17.5 Å². The van der Waals surface area contributed by atoms with Crippen molar-refractivity contribution < 1.29 is 19.4 Å². The summed E-state index contributed by atoms with van der Waals surface area (Å²) in [5, 5.41) is 0. The molecule has 78 valence electrons.